The Balaban J connectivity index is 1.55. The molecule has 1 aliphatic rings. The largest absolute Gasteiger partial charge is 0.459 e. The second-order valence-corrected chi connectivity index (χ2v) is 12.2. The zero-order valence-electron chi connectivity index (χ0n) is 26.0. The lowest BCUT2D eigenvalue weighted by atomic mass is 9.77. The molecular weight excluding hydrogens is 552 g/mol. The molecule has 0 unspecified atom stereocenters. The molecule has 232 valence electrons. The highest BCUT2D eigenvalue weighted by Crippen LogP contribution is 2.37. The summed E-state index contributed by atoms with van der Waals surface area (Å²) in [4.78, 5) is 39.1. The minimum Gasteiger partial charge on any atom is -0.459 e. The predicted octanol–water partition coefficient (Wildman–Crippen LogP) is 7.20. The van der Waals surface area contributed by atoms with Crippen LogP contribution in [0, 0.1) is 0 Å². The number of carbonyl (C=O) groups excluding carboxylic acids is 3. The summed E-state index contributed by atoms with van der Waals surface area (Å²) < 4.78 is 11.1. The van der Waals surface area contributed by atoms with Crippen LogP contribution in [0.15, 0.2) is 103 Å². The highest BCUT2D eigenvalue weighted by Gasteiger charge is 2.37. The molecular formula is C37H44N2O5. The quantitative estimate of drug-likeness (QED) is 0.139. The highest BCUT2D eigenvalue weighted by molar-refractivity contribution is 5.82. The van der Waals surface area contributed by atoms with Crippen LogP contribution < -0.4 is 10.6 Å². The molecule has 0 aromatic heterocycles. The summed E-state index contributed by atoms with van der Waals surface area (Å²) in [5.41, 5.74) is 1.10. The molecule has 1 saturated carbocycles. The van der Waals surface area contributed by atoms with Gasteiger partial charge in [0.2, 0.25) is 5.91 Å². The van der Waals surface area contributed by atoms with Gasteiger partial charge >= 0.3 is 12.1 Å². The van der Waals surface area contributed by atoms with Gasteiger partial charge < -0.3 is 20.1 Å². The first-order valence-corrected chi connectivity index (χ1v) is 15.5. The van der Waals surface area contributed by atoms with Gasteiger partial charge in [-0.2, -0.15) is 0 Å². The van der Waals surface area contributed by atoms with Crippen molar-refractivity contribution in [2.45, 2.75) is 89.0 Å². The number of esters is 1. The van der Waals surface area contributed by atoms with Gasteiger partial charge in [0.05, 0.1) is 6.04 Å². The maximum absolute atomic E-state index is 13.8. The molecule has 0 bridgehead atoms. The number of amides is 2. The third-order valence-electron chi connectivity index (χ3n) is 7.63. The van der Waals surface area contributed by atoms with E-state index < -0.39 is 29.2 Å². The van der Waals surface area contributed by atoms with Crippen LogP contribution in [0.25, 0.3) is 0 Å². The summed E-state index contributed by atoms with van der Waals surface area (Å²) in [7, 11) is 0. The van der Waals surface area contributed by atoms with Gasteiger partial charge in [0.1, 0.15) is 17.2 Å². The number of rotatable bonds is 11. The molecule has 0 radical (unpaired) electrons. The molecule has 2 N–H and O–H groups in total. The fourth-order valence-corrected chi connectivity index (χ4v) is 5.60. The zero-order valence-corrected chi connectivity index (χ0v) is 26.0. The molecule has 44 heavy (non-hydrogen) atoms. The Hall–Kier alpha value is -4.39. The number of benzene rings is 3. The summed E-state index contributed by atoms with van der Waals surface area (Å²) in [6, 6.07) is 29.0. The fraction of sp³-hybridized carbons (Fsp3) is 0.378. The fourth-order valence-electron chi connectivity index (χ4n) is 5.60. The molecule has 2 amide bonds. The number of nitrogens with one attached hydrogen (secondary N) is 2. The van der Waals surface area contributed by atoms with Gasteiger partial charge in [-0.15, -0.1) is 0 Å². The van der Waals surface area contributed by atoms with E-state index in [4.69, 9.17) is 9.47 Å². The molecule has 0 spiro atoms. The summed E-state index contributed by atoms with van der Waals surface area (Å²) >= 11 is 0. The predicted molar refractivity (Wildman–Crippen MR) is 172 cm³/mol. The first kappa shape index (κ1) is 32.5. The monoisotopic (exact) mass is 596 g/mol. The van der Waals surface area contributed by atoms with Crippen molar-refractivity contribution >= 4 is 18.0 Å². The molecule has 4 rings (SSSR count). The number of alkyl carbamates (subject to hydrolysis) is 1. The molecule has 7 nitrogen and oxygen atoms in total. The molecule has 3 aromatic rings. The van der Waals surface area contributed by atoms with Crippen molar-refractivity contribution in [3.63, 3.8) is 0 Å². The second-order valence-electron chi connectivity index (χ2n) is 12.2. The van der Waals surface area contributed by atoms with Gasteiger partial charge in [0.25, 0.3) is 0 Å². The molecule has 0 aliphatic heterocycles. The van der Waals surface area contributed by atoms with E-state index in [0.717, 1.165) is 48.8 Å². The van der Waals surface area contributed by atoms with Crippen molar-refractivity contribution in [3.8, 4) is 0 Å². The number of hydrogen-bond donors (Lipinski definition) is 2. The molecule has 0 saturated heterocycles. The zero-order chi connectivity index (χ0) is 31.4. The topological polar surface area (TPSA) is 93.7 Å². The molecule has 1 atom stereocenters. The molecule has 7 heteroatoms. The number of hydrogen-bond acceptors (Lipinski definition) is 5. The molecule has 1 fully saturated rings. The van der Waals surface area contributed by atoms with Crippen LogP contribution in [0.2, 0.25) is 0 Å². The molecule has 0 heterocycles. The van der Waals surface area contributed by atoms with Gasteiger partial charge in [0.15, 0.2) is 0 Å². The average Bonchev–Trinajstić information content (AvgIpc) is 3.02. The minimum atomic E-state index is -0.950. The second kappa shape index (κ2) is 15.4. The van der Waals surface area contributed by atoms with Gasteiger partial charge in [-0.3, -0.25) is 4.79 Å². The van der Waals surface area contributed by atoms with Crippen molar-refractivity contribution in [2.24, 2.45) is 0 Å². The number of ether oxygens (including phenoxy) is 2. The van der Waals surface area contributed by atoms with E-state index >= 15 is 0 Å². The SMILES string of the molecule is CC(C)(C)OC(=O)N[C@H](/C=C/C(=O)OC1CCCCC1)CCC(=O)NC(c1ccccc1)(c1ccccc1)c1ccccc1. The van der Waals surface area contributed by atoms with Gasteiger partial charge in [0, 0.05) is 12.5 Å². The van der Waals surface area contributed by atoms with Crippen molar-refractivity contribution in [1.82, 2.24) is 10.6 Å². The lowest BCUT2D eigenvalue weighted by Crippen LogP contribution is -2.48. The van der Waals surface area contributed by atoms with Crippen LogP contribution >= 0.6 is 0 Å². The van der Waals surface area contributed by atoms with Crippen molar-refractivity contribution in [1.29, 1.82) is 0 Å². The minimum absolute atomic E-state index is 0.0778. The van der Waals surface area contributed by atoms with Crippen LogP contribution in [-0.4, -0.2) is 35.7 Å². The Kier molecular flexibility index (Phi) is 11.4. The van der Waals surface area contributed by atoms with E-state index in [0.29, 0.717) is 0 Å². The van der Waals surface area contributed by atoms with Gasteiger partial charge in [-0.05, 0) is 69.6 Å². The van der Waals surface area contributed by atoms with E-state index in [1.165, 1.54) is 6.08 Å². The van der Waals surface area contributed by atoms with E-state index in [2.05, 4.69) is 10.6 Å². The first-order valence-electron chi connectivity index (χ1n) is 15.5. The van der Waals surface area contributed by atoms with E-state index in [9.17, 15) is 14.4 Å². The Morgan fingerprint density at radius 3 is 1.77 bits per heavy atom. The lowest BCUT2D eigenvalue weighted by Gasteiger charge is -2.37. The normalized spacial score (nSPS) is 14.9. The summed E-state index contributed by atoms with van der Waals surface area (Å²) in [6.45, 7) is 5.34. The summed E-state index contributed by atoms with van der Waals surface area (Å²) in [5, 5.41) is 6.16. The maximum atomic E-state index is 13.8. The van der Waals surface area contributed by atoms with Crippen LogP contribution in [0.1, 0.15) is 82.4 Å². The Morgan fingerprint density at radius 1 is 0.795 bits per heavy atom. The molecule has 1 aliphatic carbocycles. The van der Waals surface area contributed by atoms with E-state index in [1.54, 1.807) is 26.8 Å². The smallest absolute Gasteiger partial charge is 0.408 e. The standard InChI is InChI=1S/C37H44N2O5/c1-36(2,3)44-35(42)38-31(25-27-34(41)43-32-22-14-7-15-23-32)24-26-33(40)39-37(28-16-8-4-9-17-28,29-18-10-5-11-19-29)30-20-12-6-13-21-30/h4-6,8-13,16-21,25,27,31-32H,7,14-15,22-24,26H2,1-3H3,(H,38,42)(H,39,40)/b27-25+/t31-/m0/s1. The summed E-state index contributed by atoms with van der Waals surface area (Å²) in [5.74, 6) is -0.663. The Bertz CT molecular complexity index is 1280. The Morgan fingerprint density at radius 2 is 1.30 bits per heavy atom. The average molecular weight is 597 g/mol. The molecule has 3 aromatic carbocycles. The van der Waals surface area contributed by atoms with E-state index in [-0.39, 0.29) is 24.9 Å². The van der Waals surface area contributed by atoms with Gasteiger partial charge in [-0.1, -0.05) is 103 Å². The van der Waals surface area contributed by atoms with Gasteiger partial charge in [-0.25, -0.2) is 9.59 Å². The highest BCUT2D eigenvalue weighted by atomic mass is 16.6. The van der Waals surface area contributed by atoms with Crippen LogP contribution in [0.4, 0.5) is 4.79 Å². The van der Waals surface area contributed by atoms with Crippen LogP contribution in [0.5, 0.6) is 0 Å². The van der Waals surface area contributed by atoms with Crippen molar-refractivity contribution < 1.29 is 23.9 Å². The van der Waals surface area contributed by atoms with Crippen molar-refractivity contribution in [3.05, 3.63) is 120 Å². The maximum Gasteiger partial charge on any atom is 0.408 e. The Labute approximate surface area is 261 Å². The number of carbonyl (C=O) groups is 3. The first-order chi connectivity index (χ1) is 21.2. The van der Waals surface area contributed by atoms with Crippen molar-refractivity contribution in [2.75, 3.05) is 0 Å². The van der Waals surface area contributed by atoms with Crippen LogP contribution in [0.3, 0.4) is 0 Å². The van der Waals surface area contributed by atoms with E-state index in [1.807, 2.05) is 91.0 Å². The third kappa shape index (κ3) is 9.30. The van der Waals surface area contributed by atoms with Crippen LogP contribution in [-0.2, 0) is 24.6 Å². The summed E-state index contributed by atoms with van der Waals surface area (Å²) in [6.07, 6.45) is 7.55. The lowest BCUT2D eigenvalue weighted by molar-refractivity contribution is -0.144. The third-order valence-corrected chi connectivity index (χ3v) is 7.63.